The summed E-state index contributed by atoms with van der Waals surface area (Å²) in [5.74, 6) is -0.940. The van der Waals surface area contributed by atoms with E-state index < -0.39 is 17.7 Å². The second kappa shape index (κ2) is 7.06. The van der Waals surface area contributed by atoms with Gasteiger partial charge in [-0.05, 0) is 37.7 Å². The molecule has 3 fully saturated rings. The van der Waals surface area contributed by atoms with Gasteiger partial charge in [-0.2, -0.15) is 4.58 Å². The maximum atomic E-state index is 14.5. The molecule has 0 radical (unpaired) electrons. The Morgan fingerprint density at radius 2 is 1.86 bits per heavy atom. The number of carboxylic acid groups (broad SMARTS) is 1. The topological polar surface area (TPSA) is 96.6 Å². The van der Waals surface area contributed by atoms with Crippen LogP contribution in [0.25, 0.3) is 0 Å². The van der Waals surface area contributed by atoms with Crippen LogP contribution in [0.5, 0.6) is 0 Å². The zero-order chi connectivity index (χ0) is 19.9. The van der Waals surface area contributed by atoms with Crippen molar-refractivity contribution < 1.29 is 38.4 Å². The number of nitrogens with zero attached hydrogens (tertiary/aromatic N) is 4. The maximum absolute atomic E-state index is 14.5. The lowest BCUT2D eigenvalue weighted by Crippen LogP contribution is -2.48. The van der Waals surface area contributed by atoms with Gasteiger partial charge in [0.1, 0.15) is 6.04 Å². The highest BCUT2D eigenvalue weighted by Gasteiger charge is 2.43. The van der Waals surface area contributed by atoms with E-state index in [9.17, 15) is 9.18 Å². The van der Waals surface area contributed by atoms with E-state index >= 15 is 0 Å². The van der Waals surface area contributed by atoms with Crippen molar-refractivity contribution in [1.82, 2.24) is 9.88 Å². The number of carbonyl (C=O) groups is 1. The summed E-state index contributed by atoms with van der Waals surface area (Å²) >= 11 is 0. The average molecular weight is 397 g/mol. The number of hydrogen-bond donors (Lipinski definition) is 1. The molecule has 1 saturated carbocycles. The molecule has 28 heavy (non-hydrogen) atoms. The molecule has 11 heteroatoms. The van der Waals surface area contributed by atoms with Gasteiger partial charge in [0.05, 0.1) is 0 Å². The Balaban J connectivity index is 1.60. The minimum atomic E-state index is -1.05. The van der Waals surface area contributed by atoms with Gasteiger partial charge in [-0.3, -0.25) is 9.78 Å². The molecule has 1 N–H and O–H groups in total. The van der Waals surface area contributed by atoms with Crippen LogP contribution in [0.1, 0.15) is 26.7 Å². The molecule has 2 aliphatic heterocycles. The first kappa shape index (κ1) is 18.7. The summed E-state index contributed by atoms with van der Waals surface area (Å²) in [6, 6.07) is 2.94. The van der Waals surface area contributed by atoms with E-state index in [1.165, 1.54) is 17.0 Å². The fraction of sp³-hybridized carbons (Fsp3) is 0.588. The van der Waals surface area contributed by atoms with Crippen LogP contribution in [0.15, 0.2) is 12.1 Å². The molecule has 3 heterocycles. The Kier molecular flexibility index (Phi) is 4.71. The summed E-state index contributed by atoms with van der Waals surface area (Å²) in [5.41, 5.74) is 0. The van der Waals surface area contributed by atoms with Crippen molar-refractivity contribution in [3.63, 3.8) is 0 Å². The number of hydrogen-bond acceptors (Lipinski definition) is 7. The molecule has 0 bridgehead atoms. The summed E-state index contributed by atoms with van der Waals surface area (Å²) in [6.07, 6.45) is 0.798. The third kappa shape index (κ3) is 3.80. The van der Waals surface area contributed by atoms with Crippen molar-refractivity contribution in [3.8, 4) is 0 Å². The fourth-order valence-corrected chi connectivity index (χ4v) is 3.03. The summed E-state index contributed by atoms with van der Waals surface area (Å²) in [7, 11) is 0. The van der Waals surface area contributed by atoms with Gasteiger partial charge in [-0.25, -0.2) is 9.18 Å². The highest BCUT2D eigenvalue weighted by atomic mass is 19.1. The van der Waals surface area contributed by atoms with Crippen LogP contribution in [0.4, 0.5) is 20.8 Å². The quantitative estimate of drug-likeness (QED) is 0.610. The molecular weight excluding hydrogens is 375 g/mol. The number of aromatic nitrogens is 1. The van der Waals surface area contributed by atoms with E-state index in [0.717, 1.165) is 12.8 Å². The van der Waals surface area contributed by atoms with Gasteiger partial charge in [-0.1, -0.05) is 0 Å². The molecule has 0 spiro atoms. The van der Waals surface area contributed by atoms with Gasteiger partial charge in [0, 0.05) is 32.2 Å². The van der Waals surface area contributed by atoms with Crippen LogP contribution < -0.4 is 4.90 Å². The molecule has 1 aliphatic carbocycles. The first-order chi connectivity index (χ1) is 13.3. The Hall–Kier alpha value is -2.66. The molecule has 1 aromatic rings. The van der Waals surface area contributed by atoms with Crippen molar-refractivity contribution in [1.29, 1.82) is 0 Å². The number of pyridine rings is 1. The second-order valence-electron chi connectivity index (χ2n) is 7.33. The van der Waals surface area contributed by atoms with E-state index in [2.05, 4.69) is 4.98 Å². The first-order valence-corrected chi connectivity index (χ1v) is 9.11. The fourth-order valence-electron chi connectivity index (χ4n) is 3.03. The first-order valence-electron chi connectivity index (χ1n) is 9.11. The molecule has 0 atom stereocenters. The molecule has 1 amide bonds. The zero-order valence-corrected chi connectivity index (χ0v) is 15.6. The van der Waals surface area contributed by atoms with E-state index in [1.54, 1.807) is 23.3 Å². The Morgan fingerprint density at radius 1 is 1.21 bits per heavy atom. The monoisotopic (exact) mass is 397 g/mol. The lowest BCUT2D eigenvalue weighted by Gasteiger charge is -2.32. The van der Waals surface area contributed by atoms with Gasteiger partial charge in [-0.15, -0.1) is 9.78 Å². The van der Waals surface area contributed by atoms with E-state index in [1.807, 2.05) is 0 Å². The third-order valence-electron chi connectivity index (χ3n) is 4.65. The normalized spacial score (nSPS) is 21.8. The van der Waals surface area contributed by atoms with Crippen LogP contribution in [0.3, 0.4) is 0 Å². The average Bonchev–Trinajstić information content (AvgIpc) is 3.49. The molecule has 10 nitrogen and oxygen atoms in total. The molecule has 2 saturated heterocycles. The molecule has 152 valence electrons. The van der Waals surface area contributed by atoms with Crippen LogP contribution >= 0.6 is 0 Å². The predicted octanol–water partition coefficient (Wildman–Crippen LogP) is 1.83. The molecular formula is C17H22FN4O6+. The van der Waals surface area contributed by atoms with Crippen molar-refractivity contribution in [2.75, 3.05) is 31.1 Å². The Bertz CT molecular complexity index is 793. The summed E-state index contributed by atoms with van der Waals surface area (Å²) < 4.78 is 16.1. The predicted molar refractivity (Wildman–Crippen MR) is 92.4 cm³/mol. The summed E-state index contributed by atoms with van der Waals surface area (Å²) in [6.45, 7) is 4.55. The van der Waals surface area contributed by atoms with Crippen LogP contribution in [-0.2, 0) is 19.6 Å². The van der Waals surface area contributed by atoms with E-state index in [-0.39, 0.29) is 31.0 Å². The third-order valence-corrected chi connectivity index (χ3v) is 4.65. The highest BCUT2D eigenvalue weighted by molar-refractivity contribution is 5.65. The number of rotatable bonds is 3. The second-order valence-corrected chi connectivity index (χ2v) is 7.33. The summed E-state index contributed by atoms with van der Waals surface area (Å²) in [4.78, 5) is 39.4. The van der Waals surface area contributed by atoms with Crippen molar-refractivity contribution in [2.24, 2.45) is 0 Å². The van der Waals surface area contributed by atoms with Crippen LogP contribution in [0, 0.1) is 5.82 Å². The van der Waals surface area contributed by atoms with Crippen molar-refractivity contribution in [2.45, 2.75) is 38.5 Å². The molecule has 0 aromatic carbocycles. The molecule has 1 aromatic heterocycles. The van der Waals surface area contributed by atoms with E-state index in [0.29, 0.717) is 18.9 Å². The minimum absolute atomic E-state index is 0.0115. The van der Waals surface area contributed by atoms with Gasteiger partial charge in [0.15, 0.2) is 5.82 Å². The van der Waals surface area contributed by atoms with Gasteiger partial charge < -0.3 is 14.9 Å². The van der Waals surface area contributed by atoms with Gasteiger partial charge in [0.25, 0.3) is 11.6 Å². The van der Waals surface area contributed by atoms with Gasteiger partial charge in [0.2, 0.25) is 0 Å². The molecule has 4 rings (SSSR count). The Morgan fingerprint density at radius 3 is 2.43 bits per heavy atom. The smallest absolute Gasteiger partial charge is 0.465 e. The van der Waals surface area contributed by atoms with Crippen molar-refractivity contribution in [3.05, 3.63) is 17.9 Å². The Labute approximate surface area is 160 Å². The standard InChI is InChI=1S/C17H21FN4O6/c1-17(2)27-25-16(26-28-17)22(11-3-4-11)13-6-5-12(18)14(19-13)20-7-9-21(10-8-20)15(23)24/h5-6,11H,3-4,7-10H2,1-2H3/p+1. The van der Waals surface area contributed by atoms with Crippen LogP contribution in [-0.4, -0.2) is 69.8 Å². The lowest BCUT2D eigenvalue weighted by atomic mass is 10.3. The summed E-state index contributed by atoms with van der Waals surface area (Å²) in [5, 5.41) is 9.07. The number of anilines is 1. The zero-order valence-electron chi connectivity index (χ0n) is 15.6. The minimum Gasteiger partial charge on any atom is -0.465 e. The SMILES string of the molecule is CC1(C)OOC(=[N+](c2ccc(F)c(N3CCN(C(=O)O)CC3)n2)C2CC2)OO1. The number of amides is 1. The van der Waals surface area contributed by atoms with E-state index in [4.69, 9.17) is 24.7 Å². The maximum Gasteiger partial charge on any atom is 0.529 e. The van der Waals surface area contributed by atoms with Crippen molar-refractivity contribution >= 4 is 23.8 Å². The largest absolute Gasteiger partial charge is 0.529 e. The number of piperazine rings is 1. The van der Waals surface area contributed by atoms with Gasteiger partial charge >= 0.3 is 18.0 Å². The number of halogens is 1. The van der Waals surface area contributed by atoms with Crippen LogP contribution in [0.2, 0.25) is 0 Å². The molecule has 0 unspecified atom stereocenters. The lowest BCUT2D eigenvalue weighted by molar-refractivity contribution is -0.576. The molecule has 3 aliphatic rings. The highest BCUT2D eigenvalue weighted by Crippen LogP contribution is 2.32.